The Morgan fingerprint density at radius 3 is 2.65 bits per heavy atom. The molecule has 0 bridgehead atoms. The number of benzene rings is 1. The highest BCUT2D eigenvalue weighted by Gasteiger charge is 2.11. The maximum atomic E-state index is 4.78. The first-order valence-electron chi connectivity index (χ1n) is 10.7. The smallest absolute Gasteiger partial charge is 0.178 e. The molecule has 1 aliphatic rings. The van der Waals surface area contributed by atoms with E-state index in [2.05, 4.69) is 38.5 Å². The quantitative estimate of drug-likeness (QED) is 0.534. The van der Waals surface area contributed by atoms with Crippen molar-refractivity contribution in [3.05, 3.63) is 95.0 Å². The van der Waals surface area contributed by atoms with Crippen LogP contribution in [0.1, 0.15) is 40.5 Å². The number of nitrogens with one attached hydrogen (secondary N) is 1. The number of hydrogen-bond donors (Lipinski definition) is 1. The lowest BCUT2D eigenvalue weighted by Gasteiger charge is -2.18. The van der Waals surface area contributed by atoms with Gasteiger partial charge in [0.25, 0.3) is 0 Å². The van der Waals surface area contributed by atoms with Crippen LogP contribution in [0.3, 0.4) is 0 Å². The second-order valence-corrected chi connectivity index (χ2v) is 7.88. The van der Waals surface area contributed by atoms with Crippen LogP contribution in [0.2, 0.25) is 0 Å². The molecule has 1 N–H and O–H groups in total. The fraction of sp³-hybridized carbons (Fsp3) is 0.240. The molecule has 6 heteroatoms. The van der Waals surface area contributed by atoms with E-state index in [1.807, 2.05) is 43.5 Å². The summed E-state index contributed by atoms with van der Waals surface area (Å²) >= 11 is 0. The van der Waals surface area contributed by atoms with Gasteiger partial charge >= 0.3 is 0 Å². The van der Waals surface area contributed by atoms with Gasteiger partial charge in [-0.25, -0.2) is 24.9 Å². The summed E-state index contributed by atoms with van der Waals surface area (Å²) in [5, 5.41) is 3.49. The van der Waals surface area contributed by atoms with E-state index in [9.17, 15) is 0 Å². The summed E-state index contributed by atoms with van der Waals surface area (Å²) in [6.45, 7) is 3.01. The van der Waals surface area contributed by atoms with E-state index < -0.39 is 0 Å². The van der Waals surface area contributed by atoms with E-state index in [0.717, 1.165) is 41.6 Å². The normalized spacial score (nSPS) is 12.8. The largest absolute Gasteiger partial charge is 0.385 e. The third-order valence-electron chi connectivity index (χ3n) is 5.43. The van der Waals surface area contributed by atoms with Crippen LogP contribution in [0.5, 0.6) is 0 Å². The number of rotatable bonds is 5. The highest BCUT2D eigenvalue weighted by Crippen LogP contribution is 2.24. The Kier molecular flexibility index (Phi) is 5.35. The fourth-order valence-corrected chi connectivity index (χ4v) is 3.90. The number of anilines is 1. The van der Waals surface area contributed by atoms with Crippen molar-refractivity contribution in [2.24, 2.45) is 0 Å². The fourth-order valence-electron chi connectivity index (χ4n) is 3.90. The molecule has 0 aliphatic carbocycles. The molecule has 0 atom stereocenters. The minimum atomic E-state index is 0.628. The maximum Gasteiger partial charge on any atom is 0.178 e. The Hall–Kier alpha value is -3.67. The van der Waals surface area contributed by atoms with Crippen molar-refractivity contribution in [3.63, 3.8) is 0 Å². The van der Waals surface area contributed by atoms with Crippen molar-refractivity contribution in [2.45, 2.75) is 32.6 Å². The molecule has 6 nitrogen and oxygen atoms in total. The van der Waals surface area contributed by atoms with Crippen LogP contribution in [0.15, 0.2) is 60.9 Å². The summed E-state index contributed by atoms with van der Waals surface area (Å²) in [5.74, 6) is 1.46. The van der Waals surface area contributed by atoms with Crippen molar-refractivity contribution in [1.29, 1.82) is 0 Å². The molecule has 31 heavy (non-hydrogen) atoms. The van der Waals surface area contributed by atoms with Crippen LogP contribution in [0.4, 0.5) is 5.69 Å². The molecule has 0 unspecified atom stereocenters. The third-order valence-corrected chi connectivity index (χ3v) is 5.43. The highest BCUT2D eigenvalue weighted by molar-refractivity contribution is 5.55. The van der Waals surface area contributed by atoms with Gasteiger partial charge in [-0.2, -0.15) is 0 Å². The van der Waals surface area contributed by atoms with Gasteiger partial charge in [0.2, 0.25) is 0 Å². The Morgan fingerprint density at radius 2 is 1.74 bits per heavy atom. The molecule has 0 saturated carbocycles. The number of hydrogen-bond acceptors (Lipinski definition) is 6. The summed E-state index contributed by atoms with van der Waals surface area (Å²) < 4.78 is 0. The third kappa shape index (κ3) is 4.58. The molecule has 1 aromatic carbocycles. The monoisotopic (exact) mass is 408 g/mol. The molecule has 1 aliphatic heterocycles. The number of aromatic nitrogens is 5. The summed E-state index contributed by atoms with van der Waals surface area (Å²) in [7, 11) is 0. The summed E-state index contributed by atoms with van der Waals surface area (Å²) in [6.07, 6.45) is 7.30. The van der Waals surface area contributed by atoms with Crippen LogP contribution < -0.4 is 5.32 Å². The molecule has 0 amide bonds. The molecule has 0 fully saturated rings. The van der Waals surface area contributed by atoms with Crippen LogP contribution in [-0.2, 0) is 19.3 Å². The van der Waals surface area contributed by atoms with Gasteiger partial charge in [0, 0.05) is 43.2 Å². The number of pyridine rings is 1. The van der Waals surface area contributed by atoms with Gasteiger partial charge in [-0.3, -0.25) is 0 Å². The molecule has 5 rings (SSSR count). The van der Waals surface area contributed by atoms with E-state index in [4.69, 9.17) is 9.97 Å². The lowest BCUT2D eigenvalue weighted by atomic mass is 10.00. The van der Waals surface area contributed by atoms with Gasteiger partial charge in [-0.15, -0.1) is 0 Å². The number of fused-ring (bicyclic) bond motifs is 1. The molecule has 4 aromatic rings. The topological polar surface area (TPSA) is 76.5 Å². The van der Waals surface area contributed by atoms with Crippen molar-refractivity contribution in [3.8, 4) is 11.5 Å². The summed E-state index contributed by atoms with van der Waals surface area (Å²) in [4.78, 5) is 22.9. The summed E-state index contributed by atoms with van der Waals surface area (Å²) in [6, 6.07) is 16.4. The van der Waals surface area contributed by atoms with Crippen LogP contribution in [0.25, 0.3) is 11.5 Å². The molecule has 4 heterocycles. The van der Waals surface area contributed by atoms with Gasteiger partial charge in [-0.05, 0) is 61.2 Å². The molecule has 3 aromatic heterocycles. The Bertz CT molecular complexity index is 1220. The standard InChI is InChI=1S/C25H24N6/c1-17-4-2-6-22(29-17)25-28-13-10-21(31-25)16-20-9-12-27-24(30-20)15-18-7-8-19-5-3-11-26-23(19)14-18/h2,4,6-10,12-14,26H,3,5,11,15-16H2,1H3. The first-order valence-corrected chi connectivity index (χ1v) is 10.7. The Labute approximate surface area is 181 Å². The number of nitrogens with zero attached hydrogens (tertiary/aromatic N) is 5. The van der Waals surface area contributed by atoms with Crippen molar-refractivity contribution < 1.29 is 0 Å². The lowest BCUT2D eigenvalue weighted by molar-refractivity contribution is 0.827. The molecular weight excluding hydrogens is 384 g/mol. The van der Waals surface area contributed by atoms with Gasteiger partial charge < -0.3 is 5.32 Å². The Morgan fingerprint density at radius 1 is 0.871 bits per heavy atom. The van der Waals surface area contributed by atoms with E-state index in [1.54, 1.807) is 6.20 Å². The van der Waals surface area contributed by atoms with Crippen molar-refractivity contribution in [2.75, 3.05) is 11.9 Å². The predicted octanol–water partition coefficient (Wildman–Crippen LogP) is 4.18. The molecular formula is C25H24N6. The minimum Gasteiger partial charge on any atom is -0.385 e. The van der Waals surface area contributed by atoms with Crippen LogP contribution in [-0.4, -0.2) is 31.5 Å². The van der Waals surface area contributed by atoms with E-state index >= 15 is 0 Å². The Balaban J connectivity index is 1.33. The highest BCUT2D eigenvalue weighted by atomic mass is 14.9. The first kappa shape index (κ1) is 19.3. The van der Waals surface area contributed by atoms with Crippen molar-refractivity contribution in [1.82, 2.24) is 24.9 Å². The van der Waals surface area contributed by atoms with Crippen molar-refractivity contribution >= 4 is 5.69 Å². The first-order chi connectivity index (χ1) is 15.2. The number of aryl methyl sites for hydroxylation is 2. The predicted molar refractivity (Wildman–Crippen MR) is 121 cm³/mol. The average Bonchev–Trinajstić information content (AvgIpc) is 2.79. The van der Waals surface area contributed by atoms with E-state index in [1.165, 1.54) is 23.2 Å². The van der Waals surface area contributed by atoms with Gasteiger partial charge in [-0.1, -0.05) is 18.2 Å². The van der Waals surface area contributed by atoms with Gasteiger partial charge in [0.05, 0.1) is 11.4 Å². The minimum absolute atomic E-state index is 0.628. The zero-order valence-electron chi connectivity index (χ0n) is 17.5. The van der Waals surface area contributed by atoms with Crippen LogP contribution >= 0.6 is 0 Å². The SMILES string of the molecule is Cc1cccc(-c2nccc(Cc3ccnc(Cc4ccc5c(c4)NCCC5)n3)n2)n1. The zero-order chi connectivity index (χ0) is 21.0. The van der Waals surface area contributed by atoms with Gasteiger partial charge in [0.15, 0.2) is 5.82 Å². The summed E-state index contributed by atoms with van der Waals surface area (Å²) in [5.41, 5.74) is 7.46. The zero-order valence-corrected chi connectivity index (χ0v) is 17.5. The average molecular weight is 409 g/mol. The van der Waals surface area contributed by atoms with Crippen LogP contribution in [0, 0.1) is 6.92 Å². The second kappa shape index (κ2) is 8.60. The second-order valence-electron chi connectivity index (χ2n) is 7.88. The molecule has 0 radical (unpaired) electrons. The molecule has 0 spiro atoms. The van der Waals surface area contributed by atoms with E-state index in [-0.39, 0.29) is 0 Å². The molecule has 0 saturated heterocycles. The van der Waals surface area contributed by atoms with Gasteiger partial charge in [0.1, 0.15) is 11.5 Å². The lowest BCUT2D eigenvalue weighted by Crippen LogP contribution is -2.12. The molecule has 154 valence electrons. The maximum absolute atomic E-state index is 4.78. The van der Waals surface area contributed by atoms with E-state index in [0.29, 0.717) is 18.7 Å².